The van der Waals surface area contributed by atoms with Crippen LogP contribution < -0.4 is 5.73 Å². The second-order valence-electron chi connectivity index (χ2n) is 10.1. The third kappa shape index (κ3) is 28.0. The minimum absolute atomic E-state index is 0.874. The topological polar surface area (TPSA) is 26.0 Å². The Balaban J connectivity index is 2.98. The molecule has 0 aliphatic heterocycles. The zero-order valence-corrected chi connectivity index (χ0v) is 20.8. The van der Waals surface area contributed by atoms with Crippen LogP contribution in [-0.2, 0) is 0 Å². The average Bonchev–Trinajstić information content (AvgIpc) is 2.71. The fraction of sp³-hybridized carbons (Fsp3) is 1.00. The van der Waals surface area contributed by atoms with E-state index in [2.05, 4.69) is 13.8 Å². The number of rotatable bonds is 25. The van der Waals surface area contributed by atoms with Gasteiger partial charge in [-0.2, -0.15) is 0 Å². The van der Waals surface area contributed by atoms with Gasteiger partial charge in [-0.1, -0.05) is 162 Å². The average molecular weight is 410 g/mol. The smallest absolute Gasteiger partial charge is 0.00773 e. The van der Waals surface area contributed by atoms with E-state index >= 15 is 0 Å². The number of hydrogen-bond donors (Lipinski definition) is 1. The summed E-state index contributed by atoms with van der Waals surface area (Å²) in [6, 6.07) is 0. The van der Waals surface area contributed by atoms with Gasteiger partial charge in [0.25, 0.3) is 0 Å². The second-order valence-corrected chi connectivity index (χ2v) is 10.1. The van der Waals surface area contributed by atoms with Crippen molar-refractivity contribution in [1.82, 2.24) is 0 Å². The molecular formula is C28H59N. The molecule has 1 nitrogen and oxygen atoms in total. The fourth-order valence-electron chi connectivity index (χ4n) is 4.41. The quantitative estimate of drug-likeness (QED) is 0.149. The third-order valence-corrected chi connectivity index (χ3v) is 6.49. The summed E-state index contributed by atoms with van der Waals surface area (Å²) in [5.41, 5.74) is 5.53. The van der Waals surface area contributed by atoms with E-state index in [0.717, 1.165) is 12.5 Å². The van der Waals surface area contributed by atoms with Gasteiger partial charge in [-0.05, 0) is 18.9 Å². The van der Waals surface area contributed by atoms with Crippen molar-refractivity contribution >= 4 is 0 Å². The van der Waals surface area contributed by atoms with Crippen molar-refractivity contribution in [3.8, 4) is 0 Å². The number of nitrogens with two attached hydrogens (primary N) is 1. The third-order valence-electron chi connectivity index (χ3n) is 6.49. The molecule has 0 saturated heterocycles. The Morgan fingerprint density at radius 2 is 0.552 bits per heavy atom. The molecular weight excluding hydrogens is 350 g/mol. The molecule has 0 bridgehead atoms. The molecule has 0 amide bonds. The van der Waals surface area contributed by atoms with Crippen molar-refractivity contribution in [2.45, 2.75) is 168 Å². The minimum atomic E-state index is 0.874. The maximum absolute atomic E-state index is 5.53. The van der Waals surface area contributed by atoms with Crippen LogP contribution in [0, 0.1) is 5.92 Å². The highest BCUT2D eigenvalue weighted by molar-refractivity contribution is 4.52. The molecule has 176 valence electrons. The lowest BCUT2D eigenvalue weighted by molar-refractivity contribution is 0.500. The van der Waals surface area contributed by atoms with Gasteiger partial charge in [0.05, 0.1) is 0 Å². The summed E-state index contributed by atoms with van der Waals surface area (Å²) >= 11 is 0. The van der Waals surface area contributed by atoms with Gasteiger partial charge >= 0.3 is 0 Å². The van der Waals surface area contributed by atoms with E-state index in [-0.39, 0.29) is 0 Å². The molecule has 0 spiro atoms. The van der Waals surface area contributed by atoms with Gasteiger partial charge in [-0.25, -0.2) is 0 Å². The van der Waals surface area contributed by atoms with Gasteiger partial charge in [-0.3, -0.25) is 0 Å². The monoisotopic (exact) mass is 409 g/mol. The molecule has 0 aromatic heterocycles. The van der Waals surface area contributed by atoms with Gasteiger partial charge in [0.1, 0.15) is 0 Å². The van der Waals surface area contributed by atoms with Crippen LogP contribution in [0.25, 0.3) is 0 Å². The van der Waals surface area contributed by atoms with Crippen LogP contribution in [0.2, 0.25) is 0 Å². The summed E-state index contributed by atoms with van der Waals surface area (Å²) < 4.78 is 0. The second kappa shape index (κ2) is 26.0. The Hall–Kier alpha value is -0.0400. The van der Waals surface area contributed by atoms with Gasteiger partial charge < -0.3 is 5.73 Å². The SMILES string of the molecule is CC(C)CCCCCCCCCCCCCCCCCCCCCCCCCN. The van der Waals surface area contributed by atoms with Crippen molar-refractivity contribution in [3.63, 3.8) is 0 Å². The molecule has 0 rings (SSSR count). The molecule has 0 aliphatic rings. The lowest BCUT2D eigenvalue weighted by atomic mass is 10.0. The highest BCUT2D eigenvalue weighted by Gasteiger charge is 1.97. The Bertz CT molecular complexity index is 273. The van der Waals surface area contributed by atoms with Crippen LogP contribution in [0.5, 0.6) is 0 Å². The Labute approximate surface area is 186 Å². The van der Waals surface area contributed by atoms with Crippen LogP contribution in [0.3, 0.4) is 0 Å². The summed E-state index contributed by atoms with van der Waals surface area (Å²) in [5.74, 6) is 0.895. The van der Waals surface area contributed by atoms with Crippen LogP contribution in [0.15, 0.2) is 0 Å². The Morgan fingerprint density at radius 1 is 0.345 bits per heavy atom. The maximum Gasteiger partial charge on any atom is -0.00773 e. The molecule has 0 aromatic carbocycles. The fourth-order valence-corrected chi connectivity index (χ4v) is 4.41. The molecule has 2 N–H and O–H groups in total. The zero-order valence-electron chi connectivity index (χ0n) is 20.8. The van der Waals surface area contributed by atoms with E-state index < -0.39 is 0 Å². The van der Waals surface area contributed by atoms with E-state index in [9.17, 15) is 0 Å². The summed E-state index contributed by atoms with van der Waals surface area (Å²) in [4.78, 5) is 0. The van der Waals surface area contributed by atoms with Crippen molar-refractivity contribution in [2.75, 3.05) is 6.54 Å². The molecule has 0 aliphatic carbocycles. The summed E-state index contributed by atoms with van der Waals surface area (Å²) in [6.45, 7) is 5.56. The molecule has 1 heteroatoms. The number of hydrogen-bond acceptors (Lipinski definition) is 1. The van der Waals surface area contributed by atoms with Crippen molar-refractivity contribution < 1.29 is 0 Å². The lowest BCUT2D eigenvalue weighted by Gasteiger charge is -2.05. The first-order valence-corrected chi connectivity index (χ1v) is 14.0. The molecule has 0 aromatic rings. The standard InChI is InChI=1S/C28H59N/c1-28(2)26-24-22-20-18-16-14-12-10-8-6-4-3-5-7-9-11-13-15-17-19-21-23-25-27-29/h28H,3-27,29H2,1-2H3. The van der Waals surface area contributed by atoms with E-state index in [1.54, 1.807) is 0 Å². The largest absolute Gasteiger partial charge is 0.330 e. The van der Waals surface area contributed by atoms with Crippen LogP contribution in [0.4, 0.5) is 0 Å². The summed E-state index contributed by atoms with van der Waals surface area (Å²) in [6.07, 6.45) is 34.9. The first kappa shape index (κ1) is 29.0. The van der Waals surface area contributed by atoms with Gasteiger partial charge in [0.15, 0.2) is 0 Å². The predicted molar refractivity (Wildman–Crippen MR) is 135 cm³/mol. The first-order chi connectivity index (χ1) is 14.3. The highest BCUT2D eigenvalue weighted by Crippen LogP contribution is 2.16. The minimum Gasteiger partial charge on any atom is -0.330 e. The van der Waals surface area contributed by atoms with Crippen LogP contribution >= 0.6 is 0 Å². The van der Waals surface area contributed by atoms with E-state index in [1.807, 2.05) is 0 Å². The molecule has 29 heavy (non-hydrogen) atoms. The Kier molecular flexibility index (Phi) is 26.0. The molecule has 0 heterocycles. The van der Waals surface area contributed by atoms with Crippen molar-refractivity contribution in [3.05, 3.63) is 0 Å². The number of unbranched alkanes of at least 4 members (excludes halogenated alkanes) is 22. The highest BCUT2D eigenvalue weighted by atomic mass is 14.5. The van der Waals surface area contributed by atoms with E-state index in [1.165, 1.54) is 154 Å². The van der Waals surface area contributed by atoms with Gasteiger partial charge in [0.2, 0.25) is 0 Å². The molecule has 0 fully saturated rings. The molecule has 0 radical (unpaired) electrons. The van der Waals surface area contributed by atoms with Gasteiger partial charge in [-0.15, -0.1) is 0 Å². The predicted octanol–water partition coefficient (Wildman–Crippen LogP) is 9.96. The normalized spacial score (nSPS) is 11.6. The Morgan fingerprint density at radius 3 is 0.759 bits per heavy atom. The van der Waals surface area contributed by atoms with Crippen molar-refractivity contribution in [2.24, 2.45) is 11.7 Å². The summed E-state index contributed by atoms with van der Waals surface area (Å²) in [7, 11) is 0. The molecule has 0 atom stereocenters. The summed E-state index contributed by atoms with van der Waals surface area (Å²) in [5, 5.41) is 0. The van der Waals surface area contributed by atoms with E-state index in [4.69, 9.17) is 5.73 Å². The molecule has 0 unspecified atom stereocenters. The van der Waals surface area contributed by atoms with Crippen LogP contribution in [-0.4, -0.2) is 6.54 Å². The zero-order chi connectivity index (χ0) is 21.3. The van der Waals surface area contributed by atoms with Crippen molar-refractivity contribution in [1.29, 1.82) is 0 Å². The lowest BCUT2D eigenvalue weighted by Crippen LogP contribution is -1.97. The first-order valence-electron chi connectivity index (χ1n) is 14.0. The maximum atomic E-state index is 5.53. The van der Waals surface area contributed by atoms with E-state index in [0.29, 0.717) is 0 Å². The van der Waals surface area contributed by atoms with Crippen LogP contribution in [0.1, 0.15) is 168 Å². The van der Waals surface area contributed by atoms with Gasteiger partial charge in [0, 0.05) is 0 Å². The molecule has 0 saturated carbocycles.